The normalized spacial score (nSPS) is 25.8. The SMILES string of the molecule is CN1CCN([C@H]2CCN(CC=Cc3ccccc3)C[C@H]2CCC(=O)O)CC1. The van der Waals surface area contributed by atoms with Crippen LogP contribution in [0.25, 0.3) is 6.08 Å². The second kappa shape index (κ2) is 10.0. The van der Waals surface area contributed by atoms with Gasteiger partial charge in [0.2, 0.25) is 0 Å². The lowest BCUT2D eigenvalue weighted by atomic mass is 9.86. The van der Waals surface area contributed by atoms with Gasteiger partial charge < -0.3 is 10.0 Å². The zero-order chi connectivity index (χ0) is 19.1. The predicted molar refractivity (Wildman–Crippen MR) is 110 cm³/mol. The van der Waals surface area contributed by atoms with Gasteiger partial charge in [-0.25, -0.2) is 0 Å². The molecule has 1 N–H and O–H groups in total. The second-order valence-electron chi connectivity index (χ2n) is 7.96. The number of likely N-dealkylation sites (tertiary alicyclic amines) is 1. The Morgan fingerprint density at radius 3 is 2.59 bits per heavy atom. The van der Waals surface area contributed by atoms with Crippen LogP contribution in [0, 0.1) is 5.92 Å². The molecule has 27 heavy (non-hydrogen) atoms. The molecule has 0 bridgehead atoms. The molecule has 0 aromatic heterocycles. The minimum absolute atomic E-state index is 0.280. The lowest BCUT2D eigenvalue weighted by Gasteiger charge is -2.46. The van der Waals surface area contributed by atoms with E-state index in [1.165, 1.54) is 5.56 Å². The van der Waals surface area contributed by atoms with E-state index in [1.807, 2.05) is 6.07 Å². The van der Waals surface area contributed by atoms with E-state index >= 15 is 0 Å². The molecule has 1 aromatic rings. The van der Waals surface area contributed by atoms with Gasteiger partial charge in [0.15, 0.2) is 0 Å². The first kappa shape index (κ1) is 20.1. The van der Waals surface area contributed by atoms with Crippen LogP contribution in [-0.4, -0.2) is 84.7 Å². The fraction of sp³-hybridized carbons (Fsp3) is 0.591. The maximum atomic E-state index is 11.1. The van der Waals surface area contributed by atoms with E-state index in [2.05, 4.69) is 58.2 Å². The van der Waals surface area contributed by atoms with E-state index in [1.54, 1.807) is 0 Å². The fourth-order valence-corrected chi connectivity index (χ4v) is 4.39. The minimum Gasteiger partial charge on any atom is -0.481 e. The number of benzene rings is 1. The molecular formula is C22H33N3O2. The quantitative estimate of drug-likeness (QED) is 0.798. The number of hydrogen-bond donors (Lipinski definition) is 1. The van der Waals surface area contributed by atoms with Crippen molar-refractivity contribution in [2.45, 2.75) is 25.3 Å². The lowest BCUT2D eigenvalue weighted by Crippen LogP contribution is -2.56. The number of nitrogens with zero attached hydrogens (tertiary/aromatic N) is 3. The van der Waals surface area contributed by atoms with Gasteiger partial charge in [0, 0.05) is 51.7 Å². The van der Waals surface area contributed by atoms with Gasteiger partial charge in [-0.3, -0.25) is 14.6 Å². The molecule has 0 radical (unpaired) electrons. The molecule has 0 aliphatic carbocycles. The molecule has 148 valence electrons. The van der Waals surface area contributed by atoms with Gasteiger partial charge in [-0.15, -0.1) is 0 Å². The maximum absolute atomic E-state index is 11.1. The highest BCUT2D eigenvalue weighted by atomic mass is 16.4. The summed E-state index contributed by atoms with van der Waals surface area (Å²) in [5.74, 6) is -0.225. The van der Waals surface area contributed by atoms with Crippen molar-refractivity contribution < 1.29 is 9.90 Å². The Bertz CT molecular complexity index is 611. The first-order valence-electron chi connectivity index (χ1n) is 10.2. The minimum atomic E-state index is -0.673. The summed E-state index contributed by atoms with van der Waals surface area (Å²) in [6.07, 6.45) is 6.62. The smallest absolute Gasteiger partial charge is 0.303 e. The van der Waals surface area contributed by atoms with E-state index in [4.69, 9.17) is 5.11 Å². The van der Waals surface area contributed by atoms with Crippen LogP contribution < -0.4 is 0 Å². The van der Waals surface area contributed by atoms with Crippen molar-refractivity contribution in [3.8, 4) is 0 Å². The molecule has 2 aliphatic heterocycles. The van der Waals surface area contributed by atoms with Crippen molar-refractivity contribution in [3.05, 3.63) is 42.0 Å². The van der Waals surface area contributed by atoms with E-state index < -0.39 is 5.97 Å². The van der Waals surface area contributed by atoms with Crippen molar-refractivity contribution in [1.82, 2.24) is 14.7 Å². The summed E-state index contributed by atoms with van der Waals surface area (Å²) in [4.78, 5) is 18.6. The third-order valence-corrected chi connectivity index (χ3v) is 5.99. The van der Waals surface area contributed by atoms with Crippen LogP contribution in [0.3, 0.4) is 0 Å². The number of aliphatic carboxylic acids is 1. The molecule has 1 aromatic carbocycles. The maximum Gasteiger partial charge on any atom is 0.303 e. The van der Waals surface area contributed by atoms with Gasteiger partial charge in [-0.1, -0.05) is 42.5 Å². The Labute approximate surface area is 163 Å². The molecule has 0 unspecified atom stereocenters. The van der Waals surface area contributed by atoms with Crippen LogP contribution in [0.2, 0.25) is 0 Å². The van der Waals surface area contributed by atoms with Crippen molar-refractivity contribution in [1.29, 1.82) is 0 Å². The van der Waals surface area contributed by atoms with Gasteiger partial charge in [0.05, 0.1) is 0 Å². The second-order valence-corrected chi connectivity index (χ2v) is 7.96. The van der Waals surface area contributed by atoms with Gasteiger partial charge in [0.1, 0.15) is 0 Å². The van der Waals surface area contributed by atoms with Gasteiger partial charge in [-0.05, 0) is 37.9 Å². The third-order valence-electron chi connectivity index (χ3n) is 5.99. The average Bonchev–Trinajstić information content (AvgIpc) is 2.68. The van der Waals surface area contributed by atoms with Crippen LogP contribution in [-0.2, 0) is 4.79 Å². The van der Waals surface area contributed by atoms with Gasteiger partial charge in [0.25, 0.3) is 0 Å². The zero-order valence-electron chi connectivity index (χ0n) is 16.5. The van der Waals surface area contributed by atoms with Gasteiger partial charge in [-0.2, -0.15) is 0 Å². The molecule has 2 fully saturated rings. The fourth-order valence-electron chi connectivity index (χ4n) is 4.39. The lowest BCUT2D eigenvalue weighted by molar-refractivity contribution is -0.137. The average molecular weight is 372 g/mol. The van der Waals surface area contributed by atoms with Crippen LogP contribution in [0.4, 0.5) is 0 Å². The Hall–Kier alpha value is -1.69. The largest absolute Gasteiger partial charge is 0.481 e. The molecule has 2 saturated heterocycles. The number of piperazine rings is 1. The third kappa shape index (κ3) is 6.16. The highest BCUT2D eigenvalue weighted by Gasteiger charge is 2.34. The highest BCUT2D eigenvalue weighted by Crippen LogP contribution is 2.27. The van der Waals surface area contributed by atoms with Crippen LogP contribution in [0.15, 0.2) is 36.4 Å². The summed E-state index contributed by atoms with van der Waals surface area (Å²) in [5, 5.41) is 9.16. The summed E-state index contributed by atoms with van der Waals surface area (Å²) in [6, 6.07) is 10.9. The van der Waals surface area contributed by atoms with E-state index in [0.717, 1.165) is 58.7 Å². The molecule has 5 heteroatoms. The molecule has 0 spiro atoms. The number of rotatable bonds is 7. The van der Waals surface area contributed by atoms with Crippen molar-refractivity contribution in [2.24, 2.45) is 5.92 Å². The number of hydrogen-bond acceptors (Lipinski definition) is 4. The van der Waals surface area contributed by atoms with E-state index in [0.29, 0.717) is 12.0 Å². The molecule has 2 aliphatic rings. The summed E-state index contributed by atoms with van der Waals surface area (Å²) < 4.78 is 0. The molecule has 0 amide bonds. The van der Waals surface area contributed by atoms with Gasteiger partial charge >= 0.3 is 5.97 Å². The highest BCUT2D eigenvalue weighted by molar-refractivity contribution is 5.66. The number of carboxylic acid groups (broad SMARTS) is 1. The number of carboxylic acids is 1. The van der Waals surface area contributed by atoms with Crippen LogP contribution >= 0.6 is 0 Å². The first-order valence-corrected chi connectivity index (χ1v) is 10.2. The Kier molecular flexibility index (Phi) is 7.44. The van der Waals surface area contributed by atoms with Crippen molar-refractivity contribution >= 4 is 12.0 Å². The first-order chi connectivity index (χ1) is 13.1. The number of piperidine rings is 1. The van der Waals surface area contributed by atoms with E-state index in [9.17, 15) is 4.79 Å². The molecule has 5 nitrogen and oxygen atoms in total. The summed E-state index contributed by atoms with van der Waals surface area (Å²) in [5.41, 5.74) is 1.23. The predicted octanol–water partition coefficient (Wildman–Crippen LogP) is 2.50. The monoisotopic (exact) mass is 371 g/mol. The molecule has 2 heterocycles. The molecule has 2 atom stereocenters. The van der Waals surface area contributed by atoms with Crippen molar-refractivity contribution in [2.75, 3.05) is 52.9 Å². The van der Waals surface area contributed by atoms with Crippen molar-refractivity contribution in [3.63, 3.8) is 0 Å². The number of carbonyl (C=O) groups is 1. The number of likely N-dealkylation sites (N-methyl/N-ethyl adjacent to an activating group) is 1. The standard InChI is InChI=1S/C22H33N3O2/c1-23-14-16-25(17-15-23)21-11-13-24(18-20(21)9-10-22(26)27)12-5-8-19-6-3-2-4-7-19/h2-8,20-21H,9-18H2,1H3,(H,26,27)/t20-,21+/m1/s1. The topological polar surface area (TPSA) is 47.0 Å². The molecular weight excluding hydrogens is 338 g/mol. The summed E-state index contributed by atoms with van der Waals surface area (Å²) in [6.45, 7) is 7.49. The van der Waals surface area contributed by atoms with E-state index in [-0.39, 0.29) is 6.42 Å². The van der Waals surface area contributed by atoms with Crippen LogP contribution in [0.5, 0.6) is 0 Å². The Morgan fingerprint density at radius 1 is 1.15 bits per heavy atom. The zero-order valence-corrected chi connectivity index (χ0v) is 16.5. The Morgan fingerprint density at radius 2 is 1.89 bits per heavy atom. The molecule has 3 rings (SSSR count). The summed E-state index contributed by atoms with van der Waals surface area (Å²) >= 11 is 0. The summed E-state index contributed by atoms with van der Waals surface area (Å²) in [7, 11) is 2.18. The Balaban J connectivity index is 1.56. The van der Waals surface area contributed by atoms with Crippen LogP contribution in [0.1, 0.15) is 24.8 Å². The molecule has 0 saturated carbocycles.